The number of hydrogen-bond donors (Lipinski definition) is 2. The lowest BCUT2D eigenvalue weighted by Crippen LogP contribution is -2.35. The Morgan fingerprint density at radius 3 is 2.60 bits per heavy atom. The molecule has 1 aliphatic heterocycles. The topological polar surface area (TPSA) is 157 Å². The molecule has 1 aromatic heterocycles. The molecular weight excluding hydrogens is 434 g/mol. The third-order valence-corrected chi connectivity index (χ3v) is 8.66. The van der Waals surface area contributed by atoms with E-state index in [2.05, 4.69) is 20.3 Å². The van der Waals surface area contributed by atoms with Gasteiger partial charge in [0.1, 0.15) is 10.7 Å². The number of sulfone groups is 1. The van der Waals surface area contributed by atoms with Crippen LogP contribution >= 0.6 is 0 Å². The van der Waals surface area contributed by atoms with Crippen molar-refractivity contribution in [2.75, 3.05) is 12.4 Å². The molecule has 0 radical (unpaired) electrons. The van der Waals surface area contributed by atoms with E-state index in [4.69, 9.17) is 4.74 Å². The van der Waals surface area contributed by atoms with Crippen LogP contribution in [-0.4, -0.2) is 50.2 Å². The number of nitrogens with one attached hydrogen (secondary N) is 2. The molecule has 13 heteroatoms. The van der Waals surface area contributed by atoms with E-state index in [0.717, 1.165) is 18.9 Å². The Hall–Kier alpha value is -2.80. The maximum Gasteiger partial charge on any atom is 0.335 e. The number of aromatic nitrogens is 3. The fourth-order valence-electron chi connectivity index (χ4n) is 3.22. The minimum Gasteiger partial charge on any atom is -0.467 e. The van der Waals surface area contributed by atoms with Crippen LogP contribution in [0.25, 0.3) is 0 Å². The summed E-state index contributed by atoms with van der Waals surface area (Å²) in [5.41, 5.74) is 0.405. The number of hydrogen-bond acceptors (Lipinski definition) is 9. The minimum atomic E-state index is -4.47. The van der Waals surface area contributed by atoms with Crippen molar-refractivity contribution in [2.24, 2.45) is 0 Å². The van der Waals surface area contributed by atoms with Gasteiger partial charge in [-0.25, -0.2) is 26.4 Å². The molecule has 0 bridgehead atoms. The maximum absolute atomic E-state index is 12.8. The third-order valence-electron chi connectivity index (χ3n) is 4.88. The van der Waals surface area contributed by atoms with Gasteiger partial charge in [-0.2, -0.15) is 15.0 Å². The van der Waals surface area contributed by atoms with Crippen LogP contribution in [0.15, 0.2) is 28.0 Å². The molecule has 11 nitrogen and oxygen atoms in total. The Morgan fingerprint density at radius 1 is 1.20 bits per heavy atom. The fraction of sp³-hybridized carbons (Fsp3) is 0.412. The SMILES string of the molecule is COc1nc(NC(=O)NS(=O)(=O)c2cccc3c2S(=O)(=O)C(C)C3)nc(C2CC2)n1. The Morgan fingerprint density at radius 2 is 1.93 bits per heavy atom. The largest absolute Gasteiger partial charge is 0.467 e. The van der Waals surface area contributed by atoms with Crippen LogP contribution in [0, 0.1) is 0 Å². The quantitative estimate of drug-likeness (QED) is 0.673. The number of methoxy groups -OCH3 is 1. The van der Waals surface area contributed by atoms with Gasteiger partial charge in [0.2, 0.25) is 5.95 Å². The molecule has 1 atom stereocenters. The monoisotopic (exact) mass is 453 g/mol. The predicted octanol–water partition coefficient (Wildman–Crippen LogP) is 0.986. The molecule has 1 aliphatic carbocycles. The molecule has 4 rings (SSSR count). The van der Waals surface area contributed by atoms with Crippen LogP contribution in [0.5, 0.6) is 6.01 Å². The lowest BCUT2D eigenvalue weighted by molar-refractivity contribution is 0.256. The normalized spacial score (nSPS) is 19.7. The van der Waals surface area contributed by atoms with E-state index in [9.17, 15) is 21.6 Å². The summed E-state index contributed by atoms with van der Waals surface area (Å²) in [6.07, 6.45) is 2.01. The molecule has 1 aromatic carbocycles. The number of benzene rings is 1. The highest BCUT2D eigenvalue weighted by Gasteiger charge is 2.39. The van der Waals surface area contributed by atoms with Gasteiger partial charge in [0.25, 0.3) is 10.0 Å². The second kappa shape index (κ2) is 7.16. The molecule has 0 saturated heterocycles. The van der Waals surface area contributed by atoms with E-state index in [1.165, 1.54) is 20.1 Å². The summed E-state index contributed by atoms with van der Waals surface area (Å²) in [6.45, 7) is 1.51. The Kier molecular flexibility index (Phi) is 4.89. The van der Waals surface area contributed by atoms with Gasteiger partial charge in [-0.15, -0.1) is 0 Å². The molecule has 30 heavy (non-hydrogen) atoms. The van der Waals surface area contributed by atoms with E-state index in [-0.39, 0.29) is 29.2 Å². The molecule has 1 unspecified atom stereocenters. The van der Waals surface area contributed by atoms with Crippen molar-refractivity contribution in [1.29, 1.82) is 0 Å². The highest BCUT2D eigenvalue weighted by Crippen LogP contribution is 2.38. The second-order valence-electron chi connectivity index (χ2n) is 7.14. The van der Waals surface area contributed by atoms with Gasteiger partial charge in [-0.05, 0) is 37.8 Å². The highest BCUT2D eigenvalue weighted by molar-refractivity contribution is 7.94. The molecular formula is C17H19N5O6S2. The number of anilines is 1. The Labute approximate surface area is 173 Å². The average Bonchev–Trinajstić information content (AvgIpc) is 3.48. The summed E-state index contributed by atoms with van der Waals surface area (Å²) in [5, 5.41) is 1.50. The fourth-order valence-corrected chi connectivity index (χ4v) is 6.61. The second-order valence-corrected chi connectivity index (χ2v) is 11.1. The van der Waals surface area contributed by atoms with E-state index < -0.39 is 36.0 Å². The number of ether oxygens (including phenoxy) is 1. The molecule has 2 aromatic rings. The lowest BCUT2D eigenvalue weighted by atomic mass is 10.1. The van der Waals surface area contributed by atoms with Gasteiger partial charge in [-0.1, -0.05) is 12.1 Å². The summed E-state index contributed by atoms with van der Waals surface area (Å²) >= 11 is 0. The number of fused-ring (bicyclic) bond motifs is 1. The molecule has 160 valence electrons. The lowest BCUT2D eigenvalue weighted by Gasteiger charge is -2.12. The third kappa shape index (κ3) is 3.69. The average molecular weight is 454 g/mol. The zero-order valence-corrected chi connectivity index (χ0v) is 17.7. The van der Waals surface area contributed by atoms with Gasteiger partial charge in [0, 0.05) is 5.92 Å². The standard InChI is InChI=1S/C17H19N5O6S2/c1-9-8-11-4-3-5-12(13(11)29(9,24)25)30(26,27)22-16(23)20-15-18-14(10-6-7-10)19-17(21-15)28-2/h3-5,9-10H,6-8H2,1-2H3,(H2,18,19,20,21,22,23). The van der Waals surface area contributed by atoms with Crippen LogP contribution in [0.2, 0.25) is 0 Å². The first-order valence-electron chi connectivity index (χ1n) is 9.11. The summed E-state index contributed by atoms with van der Waals surface area (Å²) in [6, 6.07) is 3.02. The van der Waals surface area contributed by atoms with Gasteiger partial charge in [0.15, 0.2) is 9.84 Å². The first-order chi connectivity index (χ1) is 14.1. The molecule has 1 fully saturated rings. The first kappa shape index (κ1) is 20.5. The van der Waals surface area contributed by atoms with E-state index >= 15 is 0 Å². The van der Waals surface area contributed by atoms with Crippen LogP contribution in [0.4, 0.5) is 10.7 Å². The van der Waals surface area contributed by atoms with Gasteiger partial charge in [-0.3, -0.25) is 5.32 Å². The molecule has 2 heterocycles. The van der Waals surface area contributed by atoms with Gasteiger partial charge < -0.3 is 4.74 Å². The molecule has 1 saturated carbocycles. The van der Waals surface area contributed by atoms with E-state index in [1.807, 2.05) is 4.72 Å². The zero-order chi connectivity index (χ0) is 21.7. The first-order valence-corrected chi connectivity index (χ1v) is 12.1. The van der Waals surface area contributed by atoms with E-state index in [0.29, 0.717) is 11.4 Å². The molecule has 2 amide bonds. The van der Waals surface area contributed by atoms with Crippen LogP contribution in [-0.2, 0) is 26.3 Å². The smallest absolute Gasteiger partial charge is 0.335 e. The zero-order valence-electron chi connectivity index (χ0n) is 16.1. The predicted molar refractivity (Wildman–Crippen MR) is 104 cm³/mol. The number of carbonyl (C=O) groups is 1. The number of rotatable bonds is 5. The van der Waals surface area contributed by atoms with Crippen LogP contribution in [0.3, 0.4) is 0 Å². The summed E-state index contributed by atoms with van der Waals surface area (Å²) < 4.78 is 57.5. The molecule has 0 spiro atoms. The van der Waals surface area contributed by atoms with Crippen molar-refractivity contribution in [3.8, 4) is 6.01 Å². The van der Waals surface area contributed by atoms with Crippen molar-refractivity contribution in [3.05, 3.63) is 29.6 Å². The number of nitrogens with zero attached hydrogens (tertiary/aromatic N) is 3. The van der Waals surface area contributed by atoms with Gasteiger partial charge >= 0.3 is 12.0 Å². The number of sulfonamides is 1. The van der Waals surface area contributed by atoms with Gasteiger partial charge in [0.05, 0.1) is 17.3 Å². The highest BCUT2D eigenvalue weighted by atomic mass is 32.2. The summed E-state index contributed by atoms with van der Waals surface area (Å²) in [4.78, 5) is 23.7. The van der Waals surface area contributed by atoms with Crippen LogP contribution in [0.1, 0.15) is 37.1 Å². The van der Waals surface area contributed by atoms with Crippen LogP contribution < -0.4 is 14.8 Å². The number of urea groups is 1. The summed E-state index contributed by atoms with van der Waals surface area (Å²) in [5.74, 6) is 0.422. The van der Waals surface area contributed by atoms with Crippen molar-refractivity contribution in [1.82, 2.24) is 19.7 Å². The van der Waals surface area contributed by atoms with Crippen molar-refractivity contribution in [2.45, 2.75) is 47.1 Å². The number of carbonyl (C=O) groups excluding carboxylic acids is 1. The Balaban J connectivity index is 1.59. The minimum absolute atomic E-state index is 0.00832. The van der Waals surface area contributed by atoms with Crippen molar-refractivity contribution >= 4 is 31.8 Å². The maximum atomic E-state index is 12.8. The molecule has 2 N–H and O–H groups in total. The Bertz CT molecular complexity index is 1240. The van der Waals surface area contributed by atoms with Crippen molar-refractivity contribution in [3.63, 3.8) is 0 Å². The summed E-state index contributed by atoms with van der Waals surface area (Å²) in [7, 11) is -6.92. The van der Waals surface area contributed by atoms with Crippen molar-refractivity contribution < 1.29 is 26.4 Å². The van der Waals surface area contributed by atoms with E-state index in [1.54, 1.807) is 6.07 Å². The number of amides is 2. The molecule has 2 aliphatic rings.